The number of carbonyl (C=O) groups is 1. The van der Waals surface area contributed by atoms with Gasteiger partial charge in [-0.3, -0.25) is 4.79 Å². The number of carbonyl (C=O) groups excluding carboxylic acids is 1. The predicted octanol–water partition coefficient (Wildman–Crippen LogP) is 3.74. The maximum absolute atomic E-state index is 12.5. The number of ether oxygens (including phenoxy) is 1. The molecule has 1 N–H and O–H groups in total. The molecule has 0 bridgehead atoms. The highest BCUT2D eigenvalue weighted by Gasteiger charge is 2.17. The summed E-state index contributed by atoms with van der Waals surface area (Å²) in [6.07, 6.45) is 0. The normalized spacial score (nSPS) is 14.6. The van der Waals surface area contributed by atoms with Gasteiger partial charge in [-0.25, -0.2) is 0 Å². The summed E-state index contributed by atoms with van der Waals surface area (Å²) in [6, 6.07) is 13.1. The number of hydrogen-bond donors (Lipinski definition) is 1. The summed E-state index contributed by atoms with van der Waals surface area (Å²) in [7, 11) is 0. The van der Waals surface area contributed by atoms with Crippen LogP contribution in [0.2, 0.25) is 5.02 Å². The van der Waals surface area contributed by atoms with E-state index >= 15 is 0 Å². The molecule has 3 rings (SSSR count). The minimum Gasteiger partial charge on any atom is -0.378 e. The van der Waals surface area contributed by atoms with Crippen molar-refractivity contribution in [3.8, 4) is 0 Å². The minimum atomic E-state index is -0.134. The molecule has 1 fully saturated rings. The topological polar surface area (TPSA) is 41.6 Å². The van der Waals surface area contributed by atoms with E-state index in [4.69, 9.17) is 16.3 Å². The third-order valence-corrected chi connectivity index (χ3v) is 4.07. The quantitative estimate of drug-likeness (QED) is 0.932. The Morgan fingerprint density at radius 1 is 1.17 bits per heavy atom. The zero-order valence-electron chi connectivity index (χ0n) is 13.0. The fraction of sp³-hybridized carbons (Fsp3) is 0.278. The van der Waals surface area contributed by atoms with Crippen LogP contribution in [0.4, 0.5) is 11.4 Å². The van der Waals surface area contributed by atoms with Crippen LogP contribution < -0.4 is 10.2 Å². The lowest BCUT2D eigenvalue weighted by atomic mass is 10.1. The van der Waals surface area contributed by atoms with Gasteiger partial charge in [-0.1, -0.05) is 29.3 Å². The third kappa shape index (κ3) is 3.84. The van der Waals surface area contributed by atoms with E-state index in [9.17, 15) is 4.79 Å². The van der Waals surface area contributed by atoms with E-state index in [0.717, 1.165) is 30.0 Å². The lowest BCUT2D eigenvalue weighted by Crippen LogP contribution is -2.36. The van der Waals surface area contributed by atoms with Crippen LogP contribution in [-0.4, -0.2) is 32.2 Å². The molecule has 120 valence electrons. The average Bonchev–Trinajstić information content (AvgIpc) is 2.56. The largest absolute Gasteiger partial charge is 0.378 e. The lowest BCUT2D eigenvalue weighted by Gasteiger charge is -2.30. The number of benzene rings is 2. The summed E-state index contributed by atoms with van der Waals surface area (Å²) in [4.78, 5) is 14.7. The van der Waals surface area contributed by atoms with Gasteiger partial charge < -0.3 is 15.0 Å². The van der Waals surface area contributed by atoms with E-state index in [2.05, 4.69) is 10.2 Å². The SMILES string of the molecule is Cc1cccc(C(=O)Nc2cc(Cl)ccc2N2CCOCC2)c1. The van der Waals surface area contributed by atoms with Crippen molar-refractivity contribution in [2.75, 3.05) is 36.5 Å². The second-order valence-corrected chi connectivity index (χ2v) is 6.02. The average molecular weight is 331 g/mol. The number of hydrogen-bond acceptors (Lipinski definition) is 3. The molecule has 1 heterocycles. The molecule has 2 aromatic carbocycles. The van der Waals surface area contributed by atoms with Gasteiger partial charge in [0.15, 0.2) is 0 Å². The minimum absolute atomic E-state index is 0.134. The zero-order chi connectivity index (χ0) is 16.2. The van der Waals surface area contributed by atoms with E-state index in [1.165, 1.54) is 0 Å². The van der Waals surface area contributed by atoms with Crippen molar-refractivity contribution in [1.29, 1.82) is 0 Å². The number of nitrogens with zero attached hydrogens (tertiary/aromatic N) is 1. The van der Waals surface area contributed by atoms with Crippen LogP contribution in [-0.2, 0) is 4.74 Å². The van der Waals surface area contributed by atoms with Crippen molar-refractivity contribution in [3.05, 3.63) is 58.6 Å². The molecule has 0 aromatic heterocycles. The van der Waals surface area contributed by atoms with Crippen molar-refractivity contribution in [1.82, 2.24) is 0 Å². The van der Waals surface area contributed by atoms with Crippen LogP contribution in [0, 0.1) is 6.92 Å². The van der Waals surface area contributed by atoms with Gasteiger partial charge >= 0.3 is 0 Å². The fourth-order valence-corrected chi connectivity index (χ4v) is 2.84. The predicted molar refractivity (Wildman–Crippen MR) is 93.6 cm³/mol. The Hall–Kier alpha value is -2.04. The first-order valence-corrected chi connectivity index (χ1v) is 8.01. The molecule has 0 spiro atoms. The van der Waals surface area contributed by atoms with Gasteiger partial charge in [-0.05, 0) is 37.3 Å². The molecule has 0 radical (unpaired) electrons. The number of rotatable bonds is 3. The molecular weight excluding hydrogens is 312 g/mol. The molecule has 23 heavy (non-hydrogen) atoms. The maximum atomic E-state index is 12.5. The number of nitrogens with one attached hydrogen (secondary N) is 1. The standard InChI is InChI=1S/C18H19ClN2O2/c1-13-3-2-4-14(11-13)18(22)20-16-12-15(19)5-6-17(16)21-7-9-23-10-8-21/h2-6,11-12H,7-10H2,1H3,(H,20,22). The summed E-state index contributed by atoms with van der Waals surface area (Å²) in [6.45, 7) is 4.95. The second-order valence-electron chi connectivity index (χ2n) is 5.58. The van der Waals surface area contributed by atoms with Crippen molar-refractivity contribution < 1.29 is 9.53 Å². The maximum Gasteiger partial charge on any atom is 0.255 e. The molecule has 5 heteroatoms. The van der Waals surface area contributed by atoms with Gasteiger partial charge in [0.1, 0.15) is 0 Å². The van der Waals surface area contributed by atoms with Crippen LogP contribution in [0.5, 0.6) is 0 Å². The first-order valence-electron chi connectivity index (χ1n) is 7.64. The Labute approximate surface area is 141 Å². The second kappa shape index (κ2) is 7.02. The number of morpholine rings is 1. The van der Waals surface area contributed by atoms with Crippen LogP contribution in [0.15, 0.2) is 42.5 Å². The fourth-order valence-electron chi connectivity index (χ4n) is 2.67. The Morgan fingerprint density at radius 2 is 1.96 bits per heavy atom. The Morgan fingerprint density at radius 3 is 2.70 bits per heavy atom. The Bertz CT molecular complexity index is 712. The third-order valence-electron chi connectivity index (χ3n) is 3.84. The van der Waals surface area contributed by atoms with Gasteiger partial charge in [0.25, 0.3) is 5.91 Å². The number of amides is 1. The molecule has 2 aromatic rings. The van der Waals surface area contributed by atoms with E-state index in [0.29, 0.717) is 23.8 Å². The van der Waals surface area contributed by atoms with E-state index in [-0.39, 0.29) is 5.91 Å². The van der Waals surface area contributed by atoms with E-state index in [1.807, 2.05) is 37.3 Å². The molecule has 4 nitrogen and oxygen atoms in total. The van der Waals surface area contributed by atoms with Crippen LogP contribution in [0.3, 0.4) is 0 Å². The first kappa shape index (κ1) is 15.8. The van der Waals surface area contributed by atoms with Crippen molar-refractivity contribution in [2.45, 2.75) is 6.92 Å². The molecule has 0 aliphatic carbocycles. The monoisotopic (exact) mass is 330 g/mol. The highest BCUT2D eigenvalue weighted by molar-refractivity contribution is 6.31. The van der Waals surface area contributed by atoms with E-state index < -0.39 is 0 Å². The van der Waals surface area contributed by atoms with Gasteiger partial charge in [0.2, 0.25) is 0 Å². The Kier molecular flexibility index (Phi) is 4.84. The summed E-state index contributed by atoms with van der Waals surface area (Å²) in [5.74, 6) is -0.134. The molecule has 0 unspecified atom stereocenters. The molecule has 1 amide bonds. The molecule has 0 atom stereocenters. The van der Waals surface area contributed by atoms with Crippen LogP contribution in [0.1, 0.15) is 15.9 Å². The summed E-state index contributed by atoms with van der Waals surface area (Å²) in [5, 5.41) is 3.58. The van der Waals surface area contributed by atoms with Gasteiger partial charge in [-0.2, -0.15) is 0 Å². The van der Waals surface area contributed by atoms with Gasteiger partial charge in [-0.15, -0.1) is 0 Å². The molecular formula is C18H19ClN2O2. The number of aryl methyl sites for hydroxylation is 1. The summed E-state index contributed by atoms with van der Waals surface area (Å²) < 4.78 is 5.39. The summed E-state index contributed by atoms with van der Waals surface area (Å²) in [5.41, 5.74) is 3.39. The first-order chi connectivity index (χ1) is 11.1. The van der Waals surface area contributed by atoms with Crippen LogP contribution in [0.25, 0.3) is 0 Å². The highest BCUT2D eigenvalue weighted by Crippen LogP contribution is 2.30. The Balaban J connectivity index is 1.86. The number of halogens is 1. The van der Waals surface area contributed by atoms with E-state index in [1.54, 1.807) is 12.1 Å². The molecule has 1 aliphatic rings. The zero-order valence-corrected chi connectivity index (χ0v) is 13.8. The molecule has 1 aliphatic heterocycles. The lowest BCUT2D eigenvalue weighted by molar-refractivity contribution is 0.102. The summed E-state index contributed by atoms with van der Waals surface area (Å²) >= 11 is 6.12. The van der Waals surface area contributed by atoms with Crippen LogP contribution >= 0.6 is 11.6 Å². The molecule has 0 saturated carbocycles. The van der Waals surface area contributed by atoms with Gasteiger partial charge in [0.05, 0.1) is 24.6 Å². The highest BCUT2D eigenvalue weighted by atomic mass is 35.5. The smallest absolute Gasteiger partial charge is 0.255 e. The molecule has 1 saturated heterocycles. The van der Waals surface area contributed by atoms with Crippen molar-refractivity contribution in [2.24, 2.45) is 0 Å². The number of anilines is 2. The van der Waals surface area contributed by atoms with Gasteiger partial charge in [0, 0.05) is 23.7 Å². The van der Waals surface area contributed by atoms with Crippen molar-refractivity contribution >= 4 is 28.9 Å². The van der Waals surface area contributed by atoms with Crippen molar-refractivity contribution in [3.63, 3.8) is 0 Å².